The highest BCUT2D eigenvalue weighted by atomic mass is 16.2. The van der Waals surface area contributed by atoms with E-state index in [9.17, 15) is 9.59 Å². The summed E-state index contributed by atoms with van der Waals surface area (Å²) < 4.78 is 0. The van der Waals surface area contributed by atoms with Crippen LogP contribution in [0, 0.1) is 5.92 Å². The summed E-state index contributed by atoms with van der Waals surface area (Å²) in [6.07, 6.45) is 3.66. The van der Waals surface area contributed by atoms with Gasteiger partial charge in [0.2, 0.25) is 11.8 Å². The van der Waals surface area contributed by atoms with Gasteiger partial charge in [-0.3, -0.25) is 9.59 Å². The Morgan fingerprint density at radius 3 is 3.08 bits per heavy atom. The van der Waals surface area contributed by atoms with Gasteiger partial charge in [0, 0.05) is 12.7 Å². The van der Waals surface area contributed by atoms with Gasteiger partial charge in [-0.2, -0.15) is 0 Å². The number of nitrogens with zero attached hydrogens (tertiary/aromatic N) is 1. The van der Waals surface area contributed by atoms with Crippen molar-refractivity contribution in [2.24, 2.45) is 5.92 Å². The molecule has 4 heteroatoms. The zero-order valence-electron chi connectivity index (χ0n) is 7.54. The minimum absolute atomic E-state index is 0.0575. The molecule has 0 aromatic carbocycles. The van der Waals surface area contributed by atoms with E-state index < -0.39 is 0 Å². The third kappa shape index (κ3) is 1.32. The lowest BCUT2D eigenvalue weighted by Gasteiger charge is -2.15. The predicted octanol–water partition coefficient (Wildman–Crippen LogP) is -0.132. The molecule has 1 saturated heterocycles. The van der Waals surface area contributed by atoms with Crippen molar-refractivity contribution in [3.63, 3.8) is 0 Å². The van der Waals surface area contributed by atoms with Crippen molar-refractivity contribution in [3.05, 3.63) is 11.8 Å². The molecule has 1 N–H and O–H groups in total. The van der Waals surface area contributed by atoms with Gasteiger partial charge in [0.1, 0.15) is 0 Å². The van der Waals surface area contributed by atoms with Gasteiger partial charge in [-0.25, -0.2) is 0 Å². The summed E-state index contributed by atoms with van der Waals surface area (Å²) in [6.45, 7) is 0.173. The fraction of sp³-hybridized carbons (Fsp3) is 0.556. The highest BCUT2D eigenvalue weighted by Crippen LogP contribution is 2.26. The highest BCUT2D eigenvalue weighted by molar-refractivity contribution is 5.91. The van der Waals surface area contributed by atoms with E-state index in [1.165, 1.54) is 4.90 Å². The SMILES string of the molecule is CN1CC(=O)NC2=CCC[C@H]2C1=O. The number of hydrogen-bond donors (Lipinski definition) is 1. The number of amides is 2. The maximum atomic E-state index is 11.7. The van der Waals surface area contributed by atoms with Gasteiger partial charge in [0.05, 0.1) is 12.5 Å². The van der Waals surface area contributed by atoms with Gasteiger partial charge >= 0.3 is 0 Å². The Morgan fingerprint density at radius 2 is 2.31 bits per heavy atom. The van der Waals surface area contributed by atoms with E-state index in [0.29, 0.717) is 0 Å². The number of carbonyl (C=O) groups is 2. The maximum Gasteiger partial charge on any atom is 0.243 e. The second-order valence-corrected chi connectivity index (χ2v) is 3.53. The monoisotopic (exact) mass is 180 g/mol. The summed E-state index contributed by atoms with van der Waals surface area (Å²) in [5.41, 5.74) is 0.805. The Balaban J connectivity index is 2.29. The average molecular weight is 180 g/mol. The summed E-state index contributed by atoms with van der Waals surface area (Å²) >= 11 is 0. The zero-order valence-corrected chi connectivity index (χ0v) is 7.54. The van der Waals surface area contributed by atoms with Crippen molar-refractivity contribution in [1.82, 2.24) is 10.2 Å². The lowest BCUT2D eigenvalue weighted by atomic mass is 10.1. The third-order valence-electron chi connectivity index (χ3n) is 2.53. The van der Waals surface area contributed by atoms with Gasteiger partial charge in [-0.05, 0) is 12.8 Å². The van der Waals surface area contributed by atoms with Crippen LogP contribution in [0.3, 0.4) is 0 Å². The predicted molar refractivity (Wildman–Crippen MR) is 46.6 cm³/mol. The van der Waals surface area contributed by atoms with Crippen molar-refractivity contribution in [1.29, 1.82) is 0 Å². The minimum Gasteiger partial charge on any atom is -0.336 e. The number of likely N-dealkylation sites (N-methyl/N-ethyl adjacent to an activating group) is 1. The minimum atomic E-state index is -0.101. The molecule has 70 valence electrons. The molecule has 2 aliphatic rings. The topological polar surface area (TPSA) is 49.4 Å². The van der Waals surface area contributed by atoms with Crippen LogP contribution in [0.15, 0.2) is 11.8 Å². The number of hydrogen-bond acceptors (Lipinski definition) is 2. The van der Waals surface area contributed by atoms with E-state index in [-0.39, 0.29) is 24.3 Å². The van der Waals surface area contributed by atoms with Crippen LogP contribution >= 0.6 is 0 Å². The number of rotatable bonds is 0. The Hall–Kier alpha value is -1.32. The van der Waals surface area contributed by atoms with Crippen LogP contribution in [0.1, 0.15) is 12.8 Å². The van der Waals surface area contributed by atoms with Gasteiger partial charge in [0.25, 0.3) is 0 Å². The molecule has 2 rings (SSSR count). The van der Waals surface area contributed by atoms with E-state index >= 15 is 0 Å². The van der Waals surface area contributed by atoms with Crippen LogP contribution in [-0.2, 0) is 9.59 Å². The summed E-state index contributed by atoms with van der Waals surface area (Å²) in [4.78, 5) is 24.4. The number of fused-ring (bicyclic) bond motifs is 1. The van der Waals surface area contributed by atoms with Crippen LogP contribution in [0.4, 0.5) is 0 Å². The van der Waals surface area contributed by atoms with Crippen molar-refractivity contribution >= 4 is 11.8 Å². The van der Waals surface area contributed by atoms with Crippen molar-refractivity contribution in [2.45, 2.75) is 12.8 Å². The first-order valence-corrected chi connectivity index (χ1v) is 4.43. The molecule has 0 radical (unpaired) electrons. The van der Waals surface area contributed by atoms with E-state index in [0.717, 1.165) is 18.5 Å². The molecule has 1 aliphatic carbocycles. The fourth-order valence-corrected chi connectivity index (χ4v) is 1.86. The van der Waals surface area contributed by atoms with E-state index in [4.69, 9.17) is 0 Å². The van der Waals surface area contributed by atoms with Gasteiger partial charge in [-0.1, -0.05) is 6.08 Å². The number of carbonyl (C=O) groups excluding carboxylic acids is 2. The van der Waals surface area contributed by atoms with Gasteiger partial charge < -0.3 is 10.2 Å². The second kappa shape index (κ2) is 2.87. The first-order chi connectivity index (χ1) is 6.18. The molecular formula is C9H12N2O2. The molecule has 4 nitrogen and oxygen atoms in total. The molecule has 13 heavy (non-hydrogen) atoms. The number of allylic oxidation sites excluding steroid dienone is 1. The van der Waals surface area contributed by atoms with Crippen molar-refractivity contribution in [3.8, 4) is 0 Å². The van der Waals surface area contributed by atoms with E-state index in [1.807, 2.05) is 6.08 Å². The van der Waals surface area contributed by atoms with E-state index in [2.05, 4.69) is 5.32 Å². The lowest BCUT2D eigenvalue weighted by Crippen LogP contribution is -2.33. The van der Waals surface area contributed by atoms with Crippen molar-refractivity contribution in [2.75, 3.05) is 13.6 Å². The molecular weight excluding hydrogens is 168 g/mol. The Labute approximate surface area is 76.6 Å². The zero-order chi connectivity index (χ0) is 9.42. The highest BCUT2D eigenvalue weighted by Gasteiger charge is 2.33. The first kappa shape index (κ1) is 8.29. The van der Waals surface area contributed by atoms with Crippen LogP contribution in [0.5, 0.6) is 0 Å². The first-order valence-electron chi connectivity index (χ1n) is 4.43. The van der Waals surface area contributed by atoms with Gasteiger partial charge in [0.15, 0.2) is 0 Å². The molecule has 0 aromatic heterocycles. The molecule has 0 saturated carbocycles. The Bertz CT molecular complexity index is 296. The fourth-order valence-electron chi connectivity index (χ4n) is 1.86. The summed E-state index contributed by atoms with van der Waals surface area (Å²) in [6, 6.07) is 0. The summed E-state index contributed by atoms with van der Waals surface area (Å²) in [5.74, 6) is -0.134. The van der Waals surface area contributed by atoms with Crippen molar-refractivity contribution < 1.29 is 9.59 Å². The second-order valence-electron chi connectivity index (χ2n) is 3.53. The van der Waals surface area contributed by atoms with Crippen LogP contribution in [0.25, 0.3) is 0 Å². The molecule has 1 atom stereocenters. The molecule has 0 spiro atoms. The summed E-state index contributed by atoms with van der Waals surface area (Å²) in [5, 5.41) is 2.76. The third-order valence-corrected chi connectivity index (χ3v) is 2.53. The smallest absolute Gasteiger partial charge is 0.243 e. The van der Waals surface area contributed by atoms with Crippen LogP contribution in [-0.4, -0.2) is 30.3 Å². The van der Waals surface area contributed by atoms with Crippen LogP contribution in [0.2, 0.25) is 0 Å². The normalized spacial score (nSPS) is 27.9. The molecule has 1 heterocycles. The Morgan fingerprint density at radius 1 is 1.54 bits per heavy atom. The quantitative estimate of drug-likeness (QED) is 0.564. The molecule has 0 bridgehead atoms. The molecule has 1 fully saturated rings. The largest absolute Gasteiger partial charge is 0.336 e. The van der Waals surface area contributed by atoms with E-state index in [1.54, 1.807) is 7.05 Å². The standard InChI is InChI=1S/C9H12N2O2/c1-11-5-8(12)10-7-4-2-3-6(7)9(11)13/h4,6H,2-3,5H2,1H3,(H,10,12)/t6-/m1/s1. The van der Waals surface area contributed by atoms with Gasteiger partial charge in [-0.15, -0.1) is 0 Å². The Kier molecular flexibility index (Phi) is 1.83. The maximum absolute atomic E-state index is 11.7. The number of nitrogens with one attached hydrogen (secondary N) is 1. The molecule has 2 amide bonds. The average Bonchev–Trinajstić information content (AvgIpc) is 2.47. The lowest BCUT2D eigenvalue weighted by molar-refractivity contribution is -0.134. The summed E-state index contributed by atoms with van der Waals surface area (Å²) in [7, 11) is 1.67. The molecule has 0 unspecified atom stereocenters. The molecule has 0 aromatic rings. The molecule has 1 aliphatic heterocycles. The van der Waals surface area contributed by atoms with Crippen LogP contribution < -0.4 is 5.32 Å².